The molecule has 0 spiro atoms. The minimum absolute atomic E-state index is 0.113. The van der Waals surface area contributed by atoms with Gasteiger partial charge < -0.3 is 15.4 Å². The van der Waals surface area contributed by atoms with E-state index in [0.717, 1.165) is 16.9 Å². The van der Waals surface area contributed by atoms with Gasteiger partial charge in [-0.25, -0.2) is 4.79 Å². The molecule has 0 saturated heterocycles. The number of amides is 2. The Labute approximate surface area is 167 Å². The molecule has 0 aliphatic heterocycles. The minimum Gasteiger partial charge on any atom is -0.444 e. The average Bonchev–Trinajstić information content (AvgIpc) is 3.08. The Balaban J connectivity index is 2.02. The molecule has 2 rings (SSSR count). The van der Waals surface area contributed by atoms with E-state index in [1.54, 1.807) is 32.9 Å². The van der Waals surface area contributed by atoms with E-state index >= 15 is 0 Å². The lowest BCUT2D eigenvalue weighted by atomic mass is 10.1. The van der Waals surface area contributed by atoms with Gasteiger partial charge in [-0.3, -0.25) is 4.79 Å². The number of hydrogen-bond acceptors (Lipinski definition) is 5. The molecule has 0 bridgehead atoms. The largest absolute Gasteiger partial charge is 0.444 e. The van der Waals surface area contributed by atoms with E-state index in [1.807, 2.05) is 30.3 Å². The number of hydrogen-bond donors (Lipinski definition) is 2. The summed E-state index contributed by atoms with van der Waals surface area (Å²) in [4.78, 5) is 24.8. The van der Waals surface area contributed by atoms with Crippen LogP contribution in [0.1, 0.15) is 36.0 Å². The van der Waals surface area contributed by atoms with Crippen molar-refractivity contribution >= 4 is 35.5 Å². The van der Waals surface area contributed by atoms with Crippen LogP contribution >= 0.6 is 23.5 Å². The Morgan fingerprint density at radius 1 is 1.19 bits per heavy atom. The van der Waals surface area contributed by atoms with Crippen LogP contribution in [0.4, 0.5) is 8.68 Å². The zero-order chi connectivity index (χ0) is 19.9. The summed E-state index contributed by atoms with van der Waals surface area (Å²) in [5.74, 6) is -0.299. The van der Waals surface area contributed by atoms with Crippen LogP contribution in [-0.2, 0) is 11.2 Å². The van der Waals surface area contributed by atoms with Crippen LogP contribution in [0, 0.1) is 0 Å². The quantitative estimate of drug-likeness (QED) is 0.701. The van der Waals surface area contributed by atoms with E-state index in [2.05, 4.69) is 10.6 Å². The van der Waals surface area contributed by atoms with E-state index in [0.29, 0.717) is 15.5 Å². The monoisotopic (exact) mass is 410 g/mol. The molecule has 1 aromatic carbocycles. The second-order valence-electron chi connectivity index (χ2n) is 6.94. The lowest BCUT2D eigenvalue weighted by molar-refractivity contribution is 0.0520. The molecule has 5 nitrogen and oxygen atoms in total. The van der Waals surface area contributed by atoms with Crippen LogP contribution in [-0.4, -0.2) is 30.2 Å². The SMILES string of the molecule is CC(C)(C)OC(=O)NCC(Cc1ccccc1)NC(=O)c1ccc(SF)s1. The van der Waals surface area contributed by atoms with E-state index in [1.165, 1.54) is 0 Å². The van der Waals surface area contributed by atoms with Crippen molar-refractivity contribution in [3.05, 3.63) is 52.9 Å². The number of halogens is 1. The van der Waals surface area contributed by atoms with E-state index in [9.17, 15) is 13.5 Å². The first-order valence-electron chi connectivity index (χ1n) is 8.47. The van der Waals surface area contributed by atoms with Crippen LogP contribution in [0.15, 0.2) is 46.7 Å². The van der Waals surface area contributed by atoms with Crippen LogP contribution in [0.3, 0.4) is 0 Å². The highest BCUT2D eigenvalue weighted by Gasteiger charge is 2.20. The fraction of sp³-hybridized carbons (Fsp3) is 0.368. The van der Waals surface area contributed by atoms with Crippen molar-refractivity contribution in [1.82, 2.24) is 10.6 Å². The molecule has 2 N–H and O–H groups in total. The molecule has 8 heteroatoms. The van der Waals surface area contributed by atoms with Crippen molar-refractivity contribution < 1.29 is 18.2 Å². The first-order valence-corrected chi connectivity index (χ1v) is 10.0. The zero-order valence-corrected chi connectivity index (χ0v) is 17.1. The highest BCUT2D eigenvalue weighted by Crippen LogP contribution is 2.27. The fourth-order valence-corrected chi connectivity index (χ4v) is 3.49. The molecular formula is C19H23FN2O3S2. The molecule has 146 valence electrons. The third-order valence-electron chi connectivity index (χ3n) is 3.43. The molecule has 0 saturated carbocycles. The van der Waals surface area contributed by atoms with Crippen LogP contribution in [0.5, 0.6) is 0 Å². The molecule has 0 radical (unpaired) electrons. The van der Waals surface area contributed by atoms with Gasteiger partial charge in [-0.2, -0.15) is 3.89 Å². The van der Waals surface area contributed by atoms with Crippen molar-refractivity contribution in [2.24, 2.45) is 0 Å². The molecule has 0 fully saturated rings. The Morgan fingerprint density at radius 2 is 1.89 bits per heavy atom. The van der Waals surface area contributed by atoms with Gasteiger partial charge in [0.15, 0.2) is 0 Å². The van der Waals surface area contributed by atoms with Gasteiger partial charge in [0.2, 0.25) is 0 Å². The number of benzene rings is 1. The first-order chi connectivity index (χ1) is 12.8. The minimum atomic E-state index is -0.598. The zero-order valence-electron chi connectivity index (χ0n) is 15.5. The topological polar surface area (TPSA) is 67.4 Å². The summed E-state index contributed by atoms with van der Waals surface area (Å²) in [7, 11) is 0. The second kappa shape index (κ2) is 9.75. The molecule has 0 aliphatic rings. The van der Waals surface area contributed by atoms with E-state index in [4.69, 9.17) is 4.74 Å². The molecule has 27 heavy (non-hydrogen) atoms. The average molecular weight is 411 g/mol. The van der Waals surface area contributed by atoms with Crippen molar-refractivity contribution in [2.75, 3.05) is 6.54 Å². The molecule has 1 aromatic heterocycles. The van der Waals surface area contributed by atoms with Crippen LogP contribution in [0.2, 0.25) is 0 Å². The summed E-state index contributed by atoms with van der Waals surface area (Å²) in [6, 6.07) is 12.5. The van der Waals surface area contributed by atoms with Crippen molar-refractivity contribution in [3.63, 3.8) is 0 Å². The maximum atomic E-state index is 12.6. The van der Waals surface area contributed by atoms with Crippen molar-refractivity contribution in [1.29, 1.82) is 0 Å². The molecule has 1 atom stereocenters. The number of nitrogens with one attached hydrogen (secondary N) is 2. The number of carbonyl (C=O) groups excluding carboxylic acids is 2. The number of ether oxygens (including phenoxy) is 1. The number of thiophene rings is 1. The smallest absolute Gasteiger partial charge is 0.407 e. The molecule has 1 unspecified atom stereocenters. The summed E-state index contributed by atoms with van der Waals surface area (Å²) in [5.41, 5.74) is 0.430. The molecule has 1 heterocycles. The number of alkyl carbamates (subject to hydrolysis) is 1. The third kappa shape index (κ3) is 7.60. The van der Waals surface area contributed by atoms with Gasteiger partial charge in [-0.1, -0.05) is 30.3 Å². The summed E-state index contributed by atoms with van der Waals surface area (Å²) >= 11 is 1.20. The van der Waals surface area contributed by atoms with Gasteiger partial charge in [-0.05, 0) is 44.9 Å². The summed E-state index contributed by atoms with van der Waals surface area (Å²) in [6.07, 6.45) is 0.000381. The standard InChI is InChI=1S/C19H23FN2O3S2/c1-19(2,3)25-18(24)21-12-14(11-13-7-5-4-6-8-13)22-17(23)15-9-10-16(26-15)27-20/h4-10,14H,11-12H2,1-3H3,(H,21,24)(H,22,23). The van der Waals surface area contributed by atoms with Gasteiger partial charge >= 0.3 is 6.09 Å². The molecule has 0 aliphatic carbocycles. The third-order valence-corrected chi connectivity index (χ3v) is 5.04. The van der Waals surface area contributed by atoms with E-state index < -0.39 is 11.7 Å². The lowest BCUT2D eigenvalue weighted by Crippen LogP contribution is -2.45. The summed E-state index contributed by atoms with van der Waals surface area (Å²) in [6.45, 7) is 5.57. The second-order valence-corrected chi connectivity index (χ2v) is 8.88. The fourth-order valence-electron chi connectivity index (χ4n) is 2.33. The molecule has 2 amide bonds. The summed E-state index contributed by atoms with van der Waals surface area (Å²) < 4.78 is 18.3. The predicted molar refractivity (Wildman–Crippen MR) is 107 cm³/mol. The molecular weight excluding hydrogens is 387 g/mol. The predicted octanol–water partition coefficient (Wildman–Crippen LogP) is 4.59. The van der Waals surface area contributed by atoms with Gasteiger partial charge in [0, 0.05) is 6.54 Å². The van der Waals surface area contributed by atoms with Crippen molar-refractivity contribution in [2.45, 2.75) is 43.0 Å². The Bertz CT molecular complexity index is 760. The Hall–Kier alpha value is -2.06. The van der Waals surface area contributed by atoms with E-state index in [-0.39, 0.29) is 30.6 Å². The molecule has 2 aromatic rings. The maximum Gasteiger partial charge on any atom is 0.407 e. The van der Waals surface area contributed by atoms with Gasteiger partial charge in [-0.15, -0.1) is 11.3 Å². The highest BCUT2D eigenvalue weighted by molar-refractivity contribution is 7.96. The van der Waals surface area contributed by atoms with Gasteiger partial charge in [0.1, 0.15) is 5.60 Å². The summed E-state index contributed by atoms with van der Waals surface area (Å²) in [5, 5.41) is 5.60. The van der Waals surface area contributed by atoms with Crippen molar-refractivity contribution in [3.8, 4) is 0 Å². The van der Waals surface area contributed by atoms with Crippen LogP contribution in [0.25, 0.3) is 0 Å². The van der Waals surface area contributed by atoms with Gasteiger partial charge in [0.05, 0.1) is 27.3 Å². The highest BCUT2D eigenvalue weighted by atomic mass is 32.2. The number of carbonyl (C=O) groups is 2. The maximum absolute atomic E-state index is 12.6. The normalized spacial score (nSPS) is 12.3. The first kappa shape index (κ1) is 21.2. The lowest BCUT2D eigenvalue weighted by Gasteiger charge is -2.22. The van der Waals surface area contributed by atoms with Gasteiger partial charge in [0.25, 0.3) is 5.91 Å². The Kier molecular flexibility index (Phi) is 7.67. The number of rotatable bonds is 7. The van der Waals surface area contributed by atoms with Crippen LogP contribution < -0.4 is 10.6 Å². The Morgan fingerprint density at radius 3 is 2.48 bits per heavy atom.